The van der Waals surface area contributed by atoms with Crippen molar-refractivity contribution >= 4 is 50.7 Å². The summed E-state index contributed by atoms with van der Waals surface area (Å²) in [7, 11) is 3.09. The zero-order valence-electron chi connectivity index (χ0n) is 11.3. The molecule has 1 unspecified atom stereocenters. The maximum absolute atomic E-state index is 6.59. The summed E-state index contributed by atoms with van der Waals surface area (Å²) in [5, 5.41) is 0.537. The van der Waals surface area contributed by atoms with Gasteiger partial charge in [0.15, 0.2) is 0 Å². The Morgan fingerprint density at radius 2 is 1.71 bits per heavy atom. The van der Waals surface area contributed by atoms with Gasteiger partial charge >= 0.3 is 0 Å². The Labute approximate surface area is 147 Å². The maximum Gasteiger partial charge on any atom is 0.146 e. The normalized spacial score (nSPS) is 12.1. The second-order valence-corrected chi connectivity index (χ2v) is 6.34. The number of halogens is 4. The zero-order chi connectivity index (χ0) is 15.6. The third-order valence-electron chi connectivity index (χ3n) is 3.02. The van der Waals surface area contributed by atoms with Crippen LogP contribution in [0.2, 0.25) is 10.0 Å². The lowest BCUT2D eigenvalue weighted by molar-refractivity contribution is 0.392. The second kappa shape index (κ2) is 7.10. The average Bonchev–Trinajstić information content (AvgIpc) is 2.48. The molecule has 112 valence electrons. The lowest BCUT2D eigenvalue weighted by Crippen LogP contribution is -2.00. The van der Waals surface area contributed by atoms with Crippen molar-refractivity contribution in [1.29, 1.82) is 0 Å². The molecule has 0 heterocycles. The van der Waals surface area contributed by atoms with Gasteiger partial charge in [-0.05, 0) is 35.9 Å². The van der Waals surface area contributed by atoms with Gasteiger partial charge in [-0.25, -0.2) is 0 Å². The van der Waals surface area contributed by atoms with Crippen molar-refractivity contribution in [2.24, 2.45) is 0 Å². The predicted octanol–water partition coefficient (Wildman–Crippen LogP) is 6.10. The number of alkyl halides is 1. The van der Waals surface area contributed by atoms with Crippen LogP contribution in [0.4, 0.5) is 0 Å². The summed E-state index contributed by atoms with van der Waals surface area (Å²) in [4.78, 5) is 0. The van der Waals surface area contributed by atoms with Crippen molar-refractivity contribution in [2.75, 3.05) is 14.2 Å². The van der Waals surface area contributed by atoms with Gasteiger partial charge in [0.05, 0.1) is 19.6 Å². The number of hydrogen-bond acceptors (Lipinski definition) is 2. The van der Waals surface area contributed by atoms with Crippen molar-refractivity contribution in [3.8, 4) is 11.5 Å². The highest BCUT2D eigenvalue weighted by Crippen LogP contribution is 2.45. The molecule has 0 radical (unpaired) electrons. The molecule has 1 atom stereocenters. The first-order valence-electron chi connectivity index (χ1n) is 5.99. The molecule has 0 N–H and O–H groups in total. The number of rotatable bonds is 4. The van der Waals surface area contributed by atoms with Crippen LogP contribution in [0, 0.1) is 0 Å². The molecule has 21 heavy (non-hydrogen) atoms. The molecule has 2 aromatic carbocycles. The van der Waals surface area contributed by atoms with Crippen LogP contribution in [0.3, 0.4) is 0 Å². The summed E-state index contributed by atoms with van der Waals surface area (Å²) >= 11 is 22.4. The van der Waals surface area contributed by atoms with Crippen molar-refractivity contribution in [3.05, 3.63) is 56.0 Å². The summed E-state index contributed by atoms with van der Waals surface area (Å²) in [6.45, 7) is 0. The molecule has 0 saturated heterocycles. The van der Waals surface area contributed by atoms with E-state index in [1.165, 1.54) is 0 Å². The van der Waals surface area contributed by atoms with Gasteiger partial charge in [-0.1, -0.05) is 39.1 Å². The van der Waals surface area contributed by atoms with E-state index in [0.717, 1.165) is 15.6 Å². The van der Waals surface area contributed by atoms with E-state index in [0.29, 0.717) is 21.5 Å². The van der Waals surface area contributed by atoms with Crippen molar-refractivity contribution in [1.82, 2.24) is 0 Å². The monoisotopic (exact) mass is 408 g/mol. The fourth-order valence-electron chi connectivity index (χ4n) is 1.99. The van der Waals surface area contributed by atoms with Crippen molar-refractivity contribution < 1.29 is 9.47 Å². The Morgan fingerprint density at radius 3 is 2.33 bits per heavy atom. The predicted molar refractivity (Wildman–Crippen MR) is 91.4 cm³/mol. The smallest absolute Gasteiger partial charge is 0.146 e. The Morgan fingerprint density at radius 1 is 1.00 bits per heavy atom. The largest absolute Gasteiger partial charge is 0.495 e. The number of benzene rings is 2. The summed E-state index contributed by atoms with van der Waals surface area (Å²) in [6, 6.07) is 9.03. The van der Waals surface area contributed by atoms with Gasteiger partial charge in [0.2, 0.25) is 0 Å². The molecule has 2 aromatic rings. The quantitative estimate of drug-likeness (QED) is 0.567. The van der Waals surface area contributed by atoms with E-state index in [2.05, 4.69) is 15.9 Å². The molecule has 0 aliphatic heterocycles. The van der Waals surface area contributed by atoms with Crippen molar-refractivity contribution in [3.63, 3.8) is 0 Å². The SMILES string of the molecule is COc1ccc(C(Cl)c2cc(Cl)ccc2Br)c(OC)c1Cl. The lowest BCUT2D eigenvalue weighted by Gasteiger charge is -2.18. The van der Waals surface area contributed by atoms with Crippen LogP contribution in [0.15, 0.2) is 34.8 Å². The molecule has 0 saturated carbocycles. The van der Waals surface area contributed by atoms with E-state index < -0.39 is 5.38 Å². The Hall–Kier alpha value is -0.610. The highest BCUT2D eigenvalue weighted by atomic mass is 79.9. The van der Waals surface area contributed by atoms with Gasteiger partial charge in [0.25, 0.3) is 0 Å². The van der Waals surface area contributed by atoms with Gasteiger partial charge in [0, 0.05) is 15.1 Å². The van der Waals surface area contributed by atoms with E-state index in [9.17, 15) is 0 Å². The van der Waals surface area contributed by atoms with Gasteiger partial charge < -0.3 is 9.47 Å². The molecule has 0 spiro atoms. The van der Waals surface area contributed by atoms with E-state index in [4.69, 9.17) is 44.3 Å². The Kier molecular flexibility index (Phi) is 5.67. The van der Waals surface area contributed by atoms with E-state index >= 15 is 0 Å². The zero-order valence-corrected chi connectivity index (χ0v) is 15.1. The standard InChI is InChI=1S/C15H12BrCl3O2/c1-20-12-6-4-9(15(21-2)14(12)19)13(18)10-7-8(17)3-5-11(10)16/h3-7,13H,1-2H3. The fourth-order valence-corrected chi connectivity index (χ4v) is 3.46. The topological polar surface area (TPSA) is 18.5 Å². The molecular weight excluding hydrogens is 398 g/mol. The summed E-state index contributed by atoms with van der Waals surface area (Å²) < 4.78 is 11.4. The maximum atomic E-state index is 6.59. The van der Waals surface area contributed by atoms with E-state index in [-0.39, 0.29) is 0 Å². The molecule has 0 aromatic heterocycles. The van der Waals surface area contributed by atoms with Gasteiger partial charge in [-0.15, -0.1) is 11.6 Å². The third kappa shape index (κ3) is 3.42. The first-order chi connectivity index (χ1) is 9.99. The van der Waals surface area contributed by atoms with Crippen LogP contribution < -0.4 is 9.47 Å². The molecular formula is C15H12BrCl3O2. The van der Waals surface area contributed by atoms with Gasteiger partial charge in [-0.3, -0.25) is 0 Å². The Bertz CT molecular complexity index is 662. The first-order valence-corrected chi connectivity index (χ1v) is 7.97. The third-order valence-corrected chi connectivity index (χ3v) is 4.81. The summed E-state index contributed by atoms with van der Waals surface area (Å²) in [5.74, 6) is 1.02. The average molecular weight is 411 g/mol. The van der Waals surface area contributed by atoms with Crippen LogP contribution in [-0.2, 0) is 0 Å². The molecule has 0 amide bonds. The van der Waals surface area contributed by atoms with Gasteiger partial charge in [-0.2, -0.15) is 0 Å². The molecule has 0 aliphatic rings. The minimum Gasteiger partial charge on any atom is -0.495 e. The highest BCUT2D eigenvalue weighted by molar-refractivity contribution is 9.10. The number of ether oxygens (including phenoxy) is 2. The molecule has 0 aliphatic carbocycles. The minimum atomic E-state index is -0.462. The minimum absolute atomic E-state index is 0.390. The molecule has 2 nitrogen and oxygen atoms in total. The lowest BCUT2D eigenvalue weighted by atomic mass is 10.0. The van der Waals surface area contributed by atoms with Crippen LogP contribution in [0.25, 0.3) is 0 Å². The number of methoxy groups -OCH3 is 2. The Balaban J connectivity index is 2.55. The molecule has 6 heteroatoms. The number of hydrogen-bond donors (Lipinski definition) is 0. The molecule has 0 bridgehead atoms. The highest BCUT2D eigenvalue weighted by Gasteiger charge is 2.22. The fraction of sp³-hybridized carbons (Fsp3) is 0.200. The molecule has 0 fully saturated rings. The summed E-state index contributed by atoms with van der Waals surface area (Å²) in [6.07, 6.45) is 0. The van der Waals surface area contributed by atoms with Crippen LogP contribution in [0.1, 0.15) is 16.5 Å². The van der Waals surface area contributed by atoms with Crippen LogP contribution in [0.5, 0.6) is 11.5 Å². The second-order valence-electron chi connectivity index (χ2n) is 4.23. The van der Waals surface area contributed by atoms with Crippen molar-refractivity contribution in [2.45, 2.75) is 5.38 Å². The van der Waals surface area contributed by atoms with Gasteiger partial charge in [0.1, 0.15) is 16.5 Å². The van der Waals surface area contributed by atoms with E-state index in [1.54, 1.807) is 32.4 Å². The van der Waals surface area contributed by atoms with Crippen LogP contribution >= 0.6 is 50.7 Å². The molecule has 2 rings (SSSR count). The van der Waals surface area contributed by atoms with E-state index in [1.807, 2.05) is 12.1 Å². The first kappa shape index (κ1) is 16.8. The van der Waals surface area contributed by atoms with Crippen LogP contribution in [-0.4, -0.2) is 14.2 Å². The summed E-state index contributed by atoms with van der Waals surface area (Å²) in [5.41, 5.74) is 1.58.